The van der Waals surface area contributed by atoms with Crippen LogP contribution in [0.3, 0.4) is 0 Å². The van der Waals surface area contributed by atoms with Crippen LogP contribution in [0.4, 0.5) is 5.69 Å². The van der Waals surface area contributed by atoms with Gasteiger partial charge in [0, 0.05) is 12.3 Å². The third-order valence-corrected chi connectivity index (χ3v) is 2.64. The molecular formula is C14H12N2O6. The van der Waals surface area contributed by atoms with Gasteiger partial charge in [-0.25, -0.2) is 9.78 Å². The first-order chi connectivity index (χ1) is 10.5. The minimum Gasteiger partial charge on any atom is -0.479 e. The summed E-state index contributed by atoms with van der Waals surface area (Å²) in [4.78, 5) is 24.7. The molecule has 0 bridgehead atoms. The van der Waals surface area contributed by atoms with E-state index >= 15 is 0 Å². The maximum Gasteiger partial charge on any atom is 0.344 e. The molecule has 22 heavy (non-hydrogen) atoms. The van der Waals surface area contributed by atoms with Crippen molar-refractivity contribution in [2.24, 2.45) is 0 Å². The monoisotopic (exact) mass is 304 g/mol. The van der Waals surface area contributed by atoms with Crippen LogP contribution in [0.1, 0.15) is 6.92 Å². The number of aliphatic carboxylic acids is 1. The standard InChI is InChI=1S/C14H12N2O6/c1-9(14(17)18)21-11-2-4-12(5-3-11)22-13-8-10(16(19)20)6-7-15-13/h2-9H,1H3,(H,17,18). The molecule has 1 heterocycles. The molecule has 0 aliphatic heterocycles. The third kappa shape index (κ3) is 3.92. The lowest BCUT2D eigenvalue weighted by Crippen LogP contribution is -2.22. The Morgan fingerprint density at radius 1 is 1.27 bits per heavy atom. The number of carbonyl (C=O) groups is 1. The number of pyridine rings is 1. The minimum absolute atomic E-state index is 0.0850. The molecule has 0 fully saturated rings. The van der Waals surface area contributed by atoms with Gasteiger partial charge in [0.05, 0.1) is 11.0 Å². The van der Waals surface area contributed by atoms with Crippen LogP contribution in [0, 0.1) is 10.1 Å². The van der Waals surface area contributed by atoms with Crippen molar-refractivity contribution in [3.8, 4) is 17.4 Å². The van der Waals surface area contributed by atoms with Crippen LogP contribution in [-0.2, 0) is 4.79 Å². The largest absolute Gasteiger partial charge is 0.479 e. The summed E-state index contributed by atoms with van der Waals surface area (Å²) in [5.74, 6) is -0.222. The van der Waals surface area contributed by atoms with Crippen LogP contribution in [0.15, 0.2) is 42.6 Å². The van der Waals surface area contributed by atoms with Crippen molar-refractivity contribution in [1.29, 1.82) is 0 Å². The zero-order chi connectivity index (χ0) is 16.1. The van der Waals surface area contributed by atoms with E-state index in [-0.39, 0.29) is 11.6 Å². The van der Waals surface area contributed by atoms with E-state index in [0.29, 0.717) is 11.5 Å². The second kappa shape index (κ2) is 6.53. The fourth-order valence-electron chi connectivity index (χ4n) is 1.53. The molecule has 8 heteroatoms. The number of benzene rings is 1. The highest BCUT2D eigenvalue weighted by molar-refractivity contribution is 5.72. The van der Waals surface area contributed by atoms with E-state index in [0.717, 1.165) is 0 Å². The molecule has 0 aliphatic carbocycles. The van der Waals surface area contributed by atoms with Crippen molar-refractivity contribution >= 4 is 11.7 Å². The Balaban J connectivity index is 2.06. The third-order valence-electron chi connectivity index (χ3n) is 2.64. The van der Waals surface area contributed by atoms with Crippen molar-refractivity contribution in [3.63, 3.8) is 0 Å². The van der Waals surface area contributed by atoms with Crippen molar-refractivity contribution in [3.05, 3.63) is 52.7 Å². The molecule has 2 rings (SSSR count). The van der Waals surface area contributed by atoms with Crippen LogP contribution in [-0.4, -0.2) is 27.1 Å². The van der Waals surface area contributed by atoms with Gasteiger partial charge in [0.25, 0.3) is 5.69 Å². The van der Waals surface area contributed by atoms with Crippen LogP contribution in [0.5, 0.6) is 17.4 Å². The van der Waals surface area contributed by atoms with Crippen LogP contribution >= 0.6 is 0 Å². The molecule has 0 saturated heterocycles. The second-order valence-corrected chi connectivity index (χ2v) is 4.28. The predicted molar refractivity (Wildman–Crippen MR) is 75.1 cm³/mol. The molecule has 0 radical (unpaired) electrons. The molecule has 0 spiro atoms. The van der Waals surface area contributed by atoms with E-state index in [1.165, 1.54) is 37.4 Å². The molecule has 1 aromatic carbocycles. The van der Waals surface area contributed by atoms with E-state index in [2.05, 4.69) is 4.98 Å². The molecule has 1 unspecified atom stereocenters. The number of carboxylic acids is 1. The number of aromatic nitrogens is 1. The lowest BCUT2D eigenvalue weighted by atomic mass is 10.3. The molecule has 2 aromatic rings. The fraction of sp³-hybridized carbons (Fsp3) is 0.143. The van der Waals surface area contributed by atoms with Gasteiger partial charge in [-0.05, 0) is 31.2 Å². The van der Waals surface area contributed by atoms with E-state index in [1.54, 1.807) is 12.1 Å². The number of nitrogens with zero attached hydrogens (tertiary/aromatic N) is 2. The number of nitro groups is 1. The summed E-state index contributed by atoms with van der Waals surface area (Å²) in [6, 6.07) is 8.63. The molecule has 1 atom stereocenters. The zero-order valence-electron chi connectivity index (χ0n) is 11.5. The van der Waals surface area contributed by atoms with Gasteiger partial charge in [0.1, 0.15) is 11.5 Å². The molecule has 1 N–H and O–H groups in total. The van der Waals surface area contributed by atoms with Gasteiger partial charge in [-0.1, -0.05) is 0 Å². The van der Waals surface area contributed by atoms with Gasteiger partial charge in [0.2, 0.25) is 5.88 Å². The number of rotatable bonds is 6. The van der Waals surface area contributed by atoms with E-state index in [4.69, 9.17) is 14.6 Å². The van der Waals surface area contributed by atoms with Crippen molar-refractivity contribution in [1.82, 2.24) is 4.98 Å². The number of hydrogen-bond donors (Lipinski definition) is 1. The molecule has 0 aliphatic rings. The Morgan fingerprint density at radius 2 is 1.91 bits per heavy atom. The Labute approximate surface area is 125 Å². The summed E-state index contributed by atoms with van der Waals surface area (Å²) in [5, 5.41) is 19.4. The lowest BCUT2D eigenvalue weighted by molar-refractivity contribution is -0.385. The quantitative estimate of drug-likeness (QED) is 0.644. The molecule has 0 saturated carbocycles. The summed E-state index contributed by atoms with van der Waals surface area (Å²) in [6.45, 7) is 1.42. The number of ether oxygens (including phenoxy) is 2. The SMILES string of the molecule is CC(Oc1ccc(Oc2cc([N+](=O)[O-])ccn2)cc1)C(=O)O. The van der Waals surface area contributed by atoms with Gasteiger partial charge >= 0.3 is 5.97 Å². The predicted octanol–water partition coefficient (Wildman–Crippen LogP) is 2.63. The van der Waals surface area contributed by atoms with Crippen LogP contribution < -0.4 is 9.47 Å². The maximum absolute atomic E-state index is 10.7. The average Bonchev–Trinajstić information content (AvgIpc) is 2.49. The topological polar surface area (TPSA) is 112 Å². The fourth-order valence-corrected chi connectivity index (χ4v) is 1.53. The van der Waals surface area contributed by atoms with Crippen LogP contribution in [0.25, 0.3) is 0 Å². The maximum atomic E-state index is 10.7. The minimum atomic E-state index is -1.07. The Kier molecular flexibility index (Phi) is 4.52. The molecule has 8 nitrogen and oxygen atoms in total. The summed E-state index contributed by atoms with van der Waals surface area (Å²) >= 11 is 0. The molecule has 0 amide bonds. The van der Waals surface area contributed by atoms with E-state index in [9.17, 15) is 14.9 Å². The van der Waals surface area contributed by atoms with E-state index < -0.39 is 17.0 Å². The van der Waals surface area contributed by atoms with Gasteiger partial charge in [0.15, 0.2) is 6.10 Å². The summed E-state index contributed by atoms with van der Waals surface area (Å²) in [6.07, 6.45) is 0.310. The lowest BCUT2D eigenvalue weighted by Gasteiger charge is -2.10. The summed E-state index contributed by atoms with van der Waals surface area (Å²) < 4.78 is 10.6. The normalized spacial score (nSPS) is 11.5. The van der Waals surface area contributed by atoms with Gasteiger partial charge in [-0.2, -0.15) is 0 Å². The smallest absolute Gasteiger partial charge is 0.344 e. The first-order valence-electron chi connectivity index (χ1n) is 6.23. The van der Waals surface area contributed by atoms with Crippen molar-refractivity contribution in [2.45, 2.75) is 13.0 Å². The average molecular weight is 304 g/mol. The number of carboxylic acid groups (broad SMARTS) is 1. The summed E-state index contributed by atoms with van der Waals surface area (Å²) in [7, 11) is 0. The first kappa shape index (κ1) is 15.2. The molecule has 1 aromatic heterocycles. The van der Waals surface area contributed by atoms with Gasteiger partial charge in [-0.3, -0.25) is 10.1 Å². The highest BCUT2D eigenvalue weighted by Crippen LogP contribution is 2.25. The molecular weight excluding hydrogens is 292 g/mol. The number of hydrogen-bond acceptors (Lipinski definition) is 6. The van der Waals surface area contributed by atoms with E-state index in [1.807, 2.05) is 0 Å². The van der Waals surface area contributed by atoms with Crippen molar-refractivity contribution < 1.29 is 24.3 Å². The first-order valence-corrected chi connectivity index (χ1v) is 6.23. The van der Waals surface area contributed by atoms with Crippen LogP contribution in [0.2, 0.25) is 0 Å². The van der Waals surface area contributed by atoms with Gasteiger partial charge in [-0.15, -0.1) is 0 Å². The Bertz CT molecular complexity index is 686. The second-order valence-electron chi connectivity index (χ2n) is 4.28. The highest BCUT2D eigenvalue weighted by Gasteiger charge is 2.12. The Morgan fingerprint density at radius 3 is 2.50 bits per heavy atom. The Hall–Kier alpha value is -3.16. The van der Waals surface area contributed by atoms with Crippen molar-refractivity contribution in [2.75, 3.05) is 0 Å². The zero-order valence-corrected chi connectivity index (χ0v) is 11.5. The van der Waals surface area contributed by atoms with Gasteiger partial charge < -0.3 is 14.6 Å². The highest BCUT2D eigenvalue weighted by atomic mass is 16.6. The molecule has 114 valence electrons. The summed E-state index contributed by atoms with van der Waals surface area (Å²) in [5.41, 5.74) is -0.125.